The van der Waals surface area contributed by atoms with Gasteiger partial charge in [-0.15, -0.1) is 18.3 Å². The van der Waals surface area contributed by atoms with Crippen molar-refractivity contribution in [2.75, 3.05) is 6.61 Å². The molecule has 0 atom stereocenters. The minimum Gasteiger partial charge on any atom is -0.482 e. The van der Waals surface area contributed by atoms with Crippen molar-refractivity contribution in [1.29, 1.82) is 0 Å². The van der Waals surface area contributed by atoms with Crippen LogP contribution in [0.2, 0.25) is 0 Å². The zero-order valence-electron chi connectivity index (χ0n) is 19.4. The van der Waals surface area contributed by atoms with Crippen molar-refractivity contribution in [3.8, 4) is 11.4 Å². The molecule has 0 spiro atoms. The van der Waals surface area contributed by atoms with E-state index < -0.39 is 24.3 Å². The highest BCUT2D eigenvalue weighted by molar-refractivity contribution is 7.98. The van der Waals surface area contributed by atoms with E-state index in [1.165, 1.54) is 12.1 Å². The molecule has 0 saturated carbocycles. The molecule has 182 valence electrons. The van der Waals surface area contributed by atoms with Crippen LogP contribution in [-0.2, 0) is 16.7 Å². The lowest BCUT2D eigenvalue weighted by molar-refractivity contribution is -0.139. The molecule has 0 radical (unpaired) electrons. The summed E-state index contributed by atoms with van der Waals surface area (Å²) < 4.78 is 45.3. The number of carboxylic acids is 1. The fourth-order valence-electron chi connectivity index (χ4n) is 2.98. The van der Waals surface area contributed by atoms with E-state index in [1.54, 1.807) is 28.6 Å². The summed E-state index contributed by atoms with van der Waals surface area (Å²) in [6.45, 7) is 10.5. The summed E-state index contributed by atoms with van der Waals surface area (Å²) in [5.74, 6) is 0.0624. The van der Waals surface area contributed by atoms with Gasteiger partial charge in [0.1, 0.15) is 5.75 Å². The summed E-state index contributed by atoms with van der Waals surface area (Å²) in [5.41, 5.74) is 3.38. The molecular formula is C25H27F3N2O3S. The van der Waals surface area contributed by atoms with Crippen LogP contribution < -0.4 is 4.74 Å². The Hall–Kier alpha value is -3.20. The summed E-state index contributed by atoms with van der Waals surface area (Å²) in [5, 5.41) is 13.3. The smallest absolute Gasteiger partial charge is 0.416 e. The molecule has 3 aromatic rings. The van der Waals surface area contributed by atoms with E-state index in [9.17, 15) is 18.0 Å². The first kappa shape index (κ1) is 27.0. The van der Waals surface area contributed by atoms with Crippen LogP contribution in [0.4, 0.5) is 13.2 Å². The van der Waals surface area contributed by atoms with Crippen LogP contribution in [-0.4, -0.2) is 27.5 Å². The van der Waals surface area contributed by atoms with Crippen LogP contribution in [0, 0.1) is 20.8 Å². The van der Waals surface area contributed by atoms with Gasteiger partial charge < -0.3 is 9.84 Å². The maximum Gasteiger partial charge on any atom is 0.416 e. The van der Waals surface area contributed by atoms with Crippen LogP contribution in [0.5, 0.6) is 5.75 Å². The van der Waals surface area contributed by atoms with E-state index >= 15 is 0 Å². The molecule has 0 aliphatic carbocycles. The molecule has 9 heteroatoms. The molecule has 0 aliphatic rings. The van der Waals surface area contributed by atoms with E-state index in [1.807, 2.05) is 39.8 Å². The second kappa shape index (κ2) is 11.8. The molecule has 5 nitrogen and oxygen atoms in total. The topological polar surface area (TPSA) is 64.4 Å². The van der Waals surface area contributed by atoms with Crippen molar-refractivity contribution in [2.24, 2.45) is 0 Å². The van der Waals surface area contributed by atoms with Gasteiger partial charge in [0.2, 0.25) is 0 Å². The second-order valence-electron chi connectivity index (χ2n) is 7.42. The Morgan fingerprint density at radius 2 is 1.79 bits per heavy atom. The molecule has 1 N–H and O–H groups in total. The molecule has 2 aromatic carbocycles. The number of nitrogens with zero attached hydrogens (tertiary/aromatic N) is 2. The quantitative estimate of drug-likeness (QED) is 0.291. The number of aliphatic carboxylic acids is 1. The van der Waals surface area contributed by atoms with E-state index in [4.69, 9.17) is 9.84 Å². The maximum atomic E-state index is 12.8. The Kier molecular flexibility index (Phi) is 9.37. The van der Waals surface area contributed by atoms with Gasteiger partial charge in [0.25, 0.3) is 0 Å². The fourth-order valence-corrected chi connectivity index (χ4v) is 3.99. The standard InChI is InChI=1S/C22H21F3N2O3S.C3H6/c1-13-10-18(8-9-20(13)30-11-21(28)29)31-12-19-14(2)15(3)27(26-19)17-6-4-16(5-7-17)22(23,24)25;1-3-2/h4-10H,11-12H2,1-3H3,(H,28,29);3H,1H2,2H3. The molecule has 0 bridgehead atoms. The first-order chi connectivity index (χ1) is 16.0. The van der Waals surface area contributed by atoms with Gasteiger partial charge in [-0.25, -0.2) is 9.48 Å². The zero-order chi connectivity index (χ0) is 25.5. The summed E-state index contributed by atoms with van der Waals surface area (Å²) >= 11 is 1.56. The van der Waals surface area contributed by atoms with Crippen LogP contribution in [0.1, 0.15) is 35.0 Å². The monoisotopic (exact) mass is 492 g/mol. The summed E-state index contributed by atoms with van der Waals surface area (Å²) in [6, 6.07) is 10.4. The zero-order valence-corrected chi connectivity index (χ0v) is 20.3. The molecule has 0 fully saturated rings. The highest BCUT2D eigenvalue weighted by Gasteiger charge is 2.30. The van der Waals surface area contributed by atoms with E-state index in [0.717, 1.165) is 39.5 Å². The van der Waals surface area contributed by atoms with Crippen LogP contribution in [0.25, 0.3) is 5.69 Å². The Labute approximate surface area is 201 Å². The van der Waals surface area contributed by atoms with Crippen molar-refractivity contribution < 1.29 is 27.8 Å². The highest BCUT2D eigenvalue weighted by atomic mass is 32.2. The van der Waals surface area contributed by atoms with Gasteiger partial charge in [0.15, 0.2) is 6.61 Å². The van der Waals surface area contributed by atoms with Gasteiger partial charge in [-0.3, -0.25) is 0 Å². The Balaban J connectivity index is 0.00000129. The average Bonchev–Trinajstić information content (AvgIpc) is 3.05. The molecule has 3 rings (SSSR count). The number of thioether (sulfide) groups is 1. The van der Waals surface area contributed by atoms with Gasteiger partial charge in [-0.05, 0) is 81.3 Å². The molecule has 0 amide bonds. The number of hydrogen-bond donors (Lipinski definition) is 1. The lowest BCUT2D eigenvalue weighted by Crippen LogP contribution is -2.09. The van der Waals surface area contributed by atoms with Crippen LogP contribution >= 0.6 is 11.8 Å². The van der Waals surface area contributed by atoms with Gasteiger partial charge >= 0.3 is 12.1 Å². The van der Waals surface area contributed by atoms with E-state index in [-0.39, 0.29) is 0 Å². The number of ether oxygens (including phenoxy) is 1. The molecule has 0 saturated heterocycles. The number of benzene rings is 2. The first-order valence-corrected chi connectivity index (χ1v) is 11.3. The minimum absolute atomic E-state index is 0.396. The van der Waals surface area contributed by atoms with Crippen molar-refractivity contribution in [2.45, 2.75) is 44.5 Å². The predicted molar refractivity (Wildman–Crippen MR) is 128 cm³/mol. The third kappa shape index (κ3) is 7.15. The summed E-state index contributed by atoms with van der Waals surface area (Å²) in [7, 11) is 0. The number of halogens is 3. The van der Waals surface area contributed by atoms with Gasteiger partial charge in [-0.2, -0.15) is 18.3 Å². The van der Waals surface area contributed by atoms with Crippen molar-refractivity contribution in [3.63, 3.8) is 0 Å². The summed E-state index contributed by atoms with van der Waals surface area (Å²) in [6.07, 6.45) is -2.62. The molecule has 1 aromatic heterocycles. The van der Waals surface area contributed by atoms with Crippen LogP contribution in [0.3, 0.4) is 0 Å². The number of rotatable bonds is 7. The lowest BCUT2D eigenvalue weighted by atomic mass is 10.2. The number of carboxylic acid groups (broad SMARTS) is 1. The summed E-state index contributed by atoms with van der Waals surface area (Å²) in [4.78, 5) is 11.6. The third-order valence-corrected chi connectivity index (χ3v) is 5.83. The van der Waals surface area contributed by atoms with Gasteiger partial charge in [0, 0.05) is 16.3 Å². The average molecular weight is 493 g/mol. The van der Waals surface area contributed by atoms with Crippen molar-refractivity contribution in [1.82, 2.24) is 9.78 Å². The number of hydrogen-bond acceptors (Lipinski definition) is 4. The largest absolute Gasteiger partial charge is 0.482 e. The maximum absolute atomic E-state index is 12.8. The Bertz CT molecular complexity index is 1140. The van der Waals surface area contributed by atoms with E-state index in [0.29, 0.717) is 17.2 Å². The molecule has 34 heavy (non-hydrogen) atoms. The number of aryl methyl sites for hydroxylation is 1. The Morgan fingerprint density at radius 3 is 2.32 bits per heavy atom. The van der Waals surface area contributed by atoms with Crippen molar-refractivity contribution in [3.05, 3.63) is 83.2 Å². The fraction of sp³-hybridized carbons (Fsp3) is 0.280. The SMILES string of the molecule is C=CC.Cc1cc(SCc2nn(-c3ccc(C(F)(F)F)cc3)c(C)c2C)ccc1OCC(=O)O. The van der Waals surface area contributed by atoms with Crippen LogP contribution in [0.15, 0.2) is 60.0 Å². The molecule has 1 heterocycles. The molecule has 0 unspecified atom stereocenters. The van der Waals surface area contributed by atoms with Gasteiger partial charge in [0.05, 0.1) is 16.9 Å². The van der Waals surface area contributed by atoms with E-state index in [2.05, 4.69) is 11.7 Å². The van der Waals surface area contributed by atoms with Crippen molar-refractivity contribution >= 4 is 17.7 Å². The minimum atomic E-state index is -4.37. The number of carbonyl (C=O) groups is 1. The second-order valence-corrected chi connectivity index (χ2v) is 8.47. The first-order valence-electron chi connectivity index (χ1n) is 10.4. The number of aromatic nitrogens is 2. The lowest BCUT2D eigenvalue weighted by Gasteiger charge is -2.09. The predicted octanol–water partition coefficient (Wildman–Crippen LogP) is 6.76. The molecule has 0 aliphatic heterocycles. The normalized spacial score (nSPS) is 10.9. The highest BCUT2D eigenvalue weighted by Crippen LogP contribution is 2.31. The third-order valence-electron chi connectivity index (χ3n) is 4.83. The molecular weight excluding hydrogens is 465 g/mol. The van der Waals surface area contributed by atoms with Gasteiger partial charge in [-0.1, -0.05) is 6.08 Å². The number of allylic oxidation sites excluding steroid dienone is 1. The Morgan fingerprint density at radius 1 is 1.18 bits per heavy atom. The number of alkyl halides is 3.